The van der Waals surface area contributed by atoms with E-state index in [-0.39, 0.29) is 22.6 Å². The fourth-order valence-corrected chi connectivity index (χ4v) is 2.16. The number of carbonyl (C=O) groups is 1. The average molecular weight is 276 g/mol. The van der Waals surface area contributed by atoms with Gasteiger partial charge in [0.25, 0.3) is 0 Å². The van der Waals surface area contributed by atoms with Crippen LogP contribution in [0.15, 0.2) is 24.3 Å². The molecule has 0 aromatic heterocycles. The van der Waals surface area contributed by atoms with E-state index < -0.39 is 6.36 Å². The number of halogens is 3. The maximum Gasteiger partial charge on any atom is 0.573 e. The maximum atomic E-state index is 11.9. The van der Waals surface area contributed by atoms with Gasteiger partial charge in [-0.15, -0.1) is 13.2 Å². The minimum atomic E-state index is -4.74. The lowest BCUT2D eigenvalue weighted by atomic mass is 10.3. The summed E-state index contributed by atoms with van der Waals surface area (Å²) in [5, 5.41) is 7.59. The molecule has 0 atom stereocenters. The molecule has 0 saturated carbocycles. The highest BCUT2D eigenvalue weighted by molar-refractivity contribution is 8.15. The summed E-state index contributed by atoms with van der Waals surface area (Å²) >= 11 is 1.07. The molecule has 4 nitrogen and oxygen atoms in total. The van der Waals surface area contributed by atoms with E-state index in [0.29, 0.717) is 5.69 Å². The Bertz CT molecular complexity index is 471. The number of carbonyl (C=O) groups excluding carboxylic acids is 1. The molecule has 1 amide bonds. The lowest BCUT2D eigenvalue weighted by molar-refractivity contribution is -0.274. The van der Waals surface area contributed by atoms with Crippen LogP contribution >= 0.6 is 11.8 Å². The number of anilines is 1. The molecule has 1 saturated heterocycles. The van der Waals surface area contributed by atoms with Gasteiger partial charge < -0.3 is 4.74 Å². The van der Waals surface area contributed by atoms with Crippen molar-refractivity contribution in [2.24, 2.45) is 0 Å². The predicted molar refractivity (Wildman–Crippen MR) is 60.8 cm³/mol. The summed E-state index contributed by atoms with van der Waals surface area (Å²) in [5.41, 5.74) is 0.351. The Kier molecular flexibility index (Phi) is 3.20. The number of amides is 1. The van der Waals surface area contributed by atoms with Crippen LogP contribution < -0.4 is 9.64 Å². The van der Waals surface area contributed by atoms with Crippen molar-refractivity contribution >= 4 is 28.5 Å². The van der Waals surface area contributed by atoms with Crippen LogP contribution in [0.4, 0.5) is 18.9 Å². The third-order valence-corrected chi connectivity index (χ3v) is 2.96. The van der Waals surface area contributed by atoms with Crippen molar-refractivity contribution < 1.29 is 22.7 Å². The third-order valence-electron chi connectivity index (χ3n) is 2.11. The van der Waals surface area contributed by atoms with Crippen LogP contribution in [-0.4, -0.2) is 23.2 Å². The second kappa shape index (κ2) is 4.52. The molecule has 8 heteroatoms. The Morgan fingerprint density at radius 3 is 2.33 bits per heavy atom. The van der Waals surface area contributed by atoms with Crippen LogP contribution in [0.5, 0.6) is 5.75 Å². The number of thioether (sulfide) groups is 1. The van der Waals surface area contributed by atoms with Crippen molar-refractivity contribution in [2.75, 3.05) is 10.7 Å². The highest BCUT2D eigenvalue weighted by Crippen LogP contribution is 2.29. The average Bonchev–Trinajstić information content (AvgIpc) is 2.58. The first-order valence-electron chi connectivity index (χ1n) is 4.77. The molecule has 1 aliphatic rings. The molecule has 1 N–H and O–H groups in total. The summed E-state index contributed by atoms with van der Waals surface area (Å²) in [6.45, 7) is 0. The molecule has 0 aliphatic carbocycles. The van der Waals surface area contributed by atoms with E-state index in [9.17, 15) is 18.0 Å². The zero-order valence-electron chi connectivity index (χ0n) is 8.82. The van der Waals surface area contributed by atoms with Crippen LogP contribution in [0.25, 0.3) is 0 Å². The van der Waals surface area contributed by atoms with E-state index in [1.165, 1.54) is 12.1 Å². The standard InChI is InChI=1S/C10H7F3N2O2S/c11-10(12,13)17-7-3-1-6(2-4-7)15-8(16)5-18-9(15)14/h1-4,14H,5H2. The number of nitrogens with one attached hydrogen (secondary N) is 1. The molecular weight excluding hydrogens is 269 g/mol. The van der Waals surface area contributed by atoms with Crippen LogP contribution in [0.3, 0.4) is 0 Å². The minimum Gasteiger partial charge on any atom is -0.406 e. The lowest BCUT2D eigenvalue weighted by Gasteiger charge is -2.15. The normalized spacial score (nSPS) is 16.3. The molecule has 18 heavy (non-hydrogen) atoms. The van der Waals surface area contributed by atoms with Crippen molar-refractivity contribution in [1.29, 1.82) is 5.41 Å². The van der Waals surface area contributed by atoms with Gasteiger partial charge in [-0.3, -0.25) is 15.1 Å². The van der Waals surface area contributed by atoms with Crippen molar-refractivity contribution in [3.63, 3.8) is 0 Å². The molecule has 1 heterocycles. The smallest absolute Gasteiger partial charge is 0.406 e. The second-order valence-electron chi connectivity index (χ2n) is 3.36. The van der Waals surface area contributed by atoms with Gasteiger partial charge in [0, 0.05) is 0 Å². The topological polar surface area (TPSA) is 53.4 Å². The van der Waals surface area contributed by atoms with Crippen molar-refractivity contribution in [1.82, 2.24) is 0 Å². The SMILES string of the molecule is N=C1SCC(=O)N1c1ccc(OC(F)(F)F)cc1. The van der Waals surface area contributed by atoms with Gasteiger partial charge in [-0.2, -0.15) is 0 Å². The van der Waals surface area contributed by atoms with Gasteiger partial charge in [0.2, 0.25) is 5.91 Å². The van der Waals surface area contributed by atoms with Gasteiger partial charge in [0.15, 0.2) is 5.17 Å². The van der Waals surface area contributed by atoms with Crippen LogP contribution in [0, 0.1) is 5.41 Å². The number of alkyl halides is 3. The first-order valence-corrected chi connectivity index (χ1v) is 5.75. The number of hydrogen-bond donors (Lipinski definition) is 1. The van der Waals surface area contributed by atoms with E-state index in [1.807, 2.05) is 0 Å². The second-order valence-corrected chi connectivity index (χ2v) is 4.33. The quantitative estimate of drug-likeness (QED) is 0.903. The molecule has 1 aromatic rings. The summed E-state index contributed by atoms with van der Waals surface area (Å²) in [4.78, 5) is 12.6. The maximum absolute atomic E-state index is 11.9. The number of rotatable bonds is 2. The van der Waals surface area contributed by atoms with Crippen LogP contribution in [0.2, 0.25) is 0 Å². The Labute approximate surface area is 104 Å². The largest absolute Gasteiger partial charge is 0.573 e. The Balaban J connectivity index is 2.17. The lowest BCUT2D eigenvalue weighted by Crippen LogP contribution is -2.28. The molecule has 1 aromatic carbocycles. The molecule has 1 aliphatic heterocycles. The molecule has 0 bridgehead atoms. The van der Waals surface area contributed by atoms with E-state index in [1.54, 1.807) is 0 Å². The highest BCUT2D eigenvalue weighted by Gasteiger charge is 2.32. The van der Waals surface area contributed by atoms with E-state index >= 15 is 0 Å². The number of nitrogens with zero attached hydrogens (tertiary/aromatic N) is 1. The van der Waals surface area contributed by atoms with Crippen molar-refractivity contribution in [3.05, 3.63) is 24.3 Å². The number of ether oxygens (including phenoxy) is 1. The Morgan fingerprint density at radius 1 is 1.28 bits per heavy atom. The summed E-state index contributed by atoms with van der Waals surface area (Å²) in [5.74, 6) is -0.467. The molecule has 0 unspecified atom stereocenters. The molecular formula is C10H7F3N2O2S. The first-order chi connectivity index (χ1) is 8.37. The zero-order chi connectivity index (χ0) is 13.3. The van der Waals surface area contributed by atoms with Crippen molar-refractivity contribution in [2.45, 2.75) is 6.36 Å². The van der Waals surface area contributed by atoms with Crippen LogP contribution in [-0.2, 0) is 4.79 Å². The van der Waals surface area contributed by atoms with Crippen LogP contribution in [0.1, 0.15) is 0 Å². The summed E-state index contributed by atoms with van der Waals surface area (Å²) in [6, 6.07) is 4.82. The minimum absolute atomic E-state index is 0.0597. The van der Waals surface area contributed by atoms with Crippen molar-refractivity contribution in [3.8, 4) is 5.75 Å². The van der Waals surface area contributed by atoms with Gasteiger partial charge >= 0.3 is 6.36 Å². The van der Waals surface area contributed by atoms with E-state index in [4.69, 9.17) is 5.41 Å². The molecule has 0 radical (unpaired) electrons. The van der Waals surface area contributed by atoms with Gasteiger partial charge in [-0.25, -0.2) is 0 Å². The summed E-state index contributed by atoms with van der Waals surface area (Å²) < 4.78 is 39.5. The predicted octanol–water partition coefficient (Wildman–Crippen LogP) is 2.60. The van der Waals surface area contributed by atoms with Gasteiger partial charge in [0.1, 0.15) is 5.75 Å². The van der Waals surface area contributed by atoms with E-state index in [0.717, 1.165) is 28.8 Å². The summed E-state index contributed by atoms with van der Waals surface area (Å²) in [7, 11) is 0. The Hall–Kier alpha value is -1.70. The number of hydrogen-bond acceptors (Lipinski definition) is 4. The van der Waals surface area contributed by atoms with Gasteiger partial charge in [-0.1, -0.05) is 11.8 Å². The molecule has 96 valence electrons. The molecule has 2 rings (SSSR count). The Morgan fingerprint density at radius 2 is 1.89 bits per heavy atom. The zero-order valence-corrected chi connectivity index (χ0v) is 9.64. The summed E-state index contributed by atoms with van der Waals surface area (Å²) in [6.07, 6.45) is -4.74. The first kappa shape index (κ1) is 12.7. The van der Waals surface area contributed by atoms with Gasteiger partial charge in [-0.05, 0) is 24.3 Å². The number of amidine groups is 1. The molecule has 1 fully saturated rings. The third kappa shape index (κ3) is 2.76. The highest BCUT2D eigenvalue weighted by atomic mass is 32.2. The fourth-order valence-electron chi connectivity index (χ4n) is 1.43. The van der Waals surface area contributed by atoms with E-state index in [2.05, 4.69) is 4.74 Å². The molecule has 0 spiro atoms. The number of benzene rings is 1. The monoisotopic (exact) mass is 276 g/mol. The fraction of sp³-hybridized carbons (Fsp3) is 0.200. The van der Waals surface area contributed by atoms with Gasteiger partial charge in [0.05, 0.1) is 11.4 Å².